The van der Waals surface area contributed by atoms with E-state index in [1.807, 2.05) is 13.8 Å². The molecule has 1 aliphatic heterocycles. The fourth-order valence-electron chi connectivity index (χ4n) is 2.02. The Morgan fingerprint density at radius 1 is 1.44 bits per heavy atom. The molecule has 0 aromatic rings. The summed E-state index contributed by atoms with van der Waals surface area (Å²) in [6.07, 6.45) is 2.53. The second kappa shape index (κ2) is 7.20. The Bertz CT molecular complexity index is 290. The van der Waals surface area contributed by atoms with Crippen LogP contribution in [0.2, 0.25) is 0 Å². The maximum absolute atomic E-state index is 12.1. The SMILES string of the molecule is CCC(C)N(CC(=O)O)C(=O)NC1CCNCC1. The van der Waals surface area contributed by atoms with Crippen molar-refractivity contribution in [2.45, 2.75) is 45.2 Å². The molecule has 104 valence electrons. The first-order valence-electron chi connectivity index (χ1n) is 6.54. The third-order valence-electron chi connectivity index (χ3n) is 3.36. The van der Waals surface area contributed by atoms with Gasteiger partial charge >= 0.3 is 12.0 Å². The van der Waals surface area contributed by atoms with Gasteiger partial charge in [0.25, 0.3) is 0 Å². The van der Waals surface area contributed by atoms with Crippen LogP contribution >= 0.6 is 0 Å². The highest BCUT2D eigenvalue weighted by atomic mass is 16.4. The number of piperidine rings is 1. The van der Waals surface area contributed by atoms with E-state index in [4.69, 9.17) is 5.11 Å². The minimum absolute atomic E-state index is 0.0668. The lowest BCUT2D eigenvalue weighted by Gasteiger charge is -2.31. The van der Waals surface area contributed by atoms with Crippen molar-refractivity contribution >= 4 is 12.0 Å². The van der Waals surface area contributed by atoms with Crippen LogP contribution in [0.15, 0.2) is 0 Å². The fraction of sp³-hybridized carbons (Fsp3) is 0.833. The lowest BCUT2D eigenvalue weighted by molar-refractivity contribution is -0.138. The standard InChI is InChI=1S/C12H23N3O3/c1-3-9(2)15(8-11(16)17)12(18)14-10-4-6-13-7-5-10/h9-10,13H,3-8H2,1-2H3,(H,14,18)(H,16,17). The largest absolute Gasteiger partial charge is 0.480 e. The van der Waals surface area contributed by atoms with Crippen molar-refractivity contribution in [3.63, 3.8) is 0 Å². The first-order chi connectivity index (χ1) is 8.54. The van der Waals surface area contributed by atoms with Crippen LogP contribution in [0, 0.1) is 0 Å². The summed E-state index contributed by atoms with van der Waals surface area (Å²) in [5, 5.41) is 15.0. The van der Waals surface area contributed by atoms with Gasteiger partial charge in [-0.05, 0) is 39.3 Å². The van der Waals surface area contributed by atoms with Crippen LogP contribution in [0.25, 0.3) is 0 Å². The molecule has 0 aromatic heterocycles. The van der Waals surface area contributed by atoms with Gasteiger partial charge in [-0.2, -0.15) is 0 Å². The summed E-state index contributed by atoms with van der Waals surface area (Å²) in [6.45, 7) is 5.36. The summed E-state index contributed by atoms with van der Waals surface area (Å²) < 4.78 is 0. The topological polar surface area (TPSA) is 81.7 Å². The highest BCUT2D eigenvalue weighted by Gasteiger charge is 2.24. The van der Waals surface area contributed by atoms with E-state index >= 15 is 0 Å². The number of urea groups is 1. The van der Waals surface area contributed by atoms with Gasteiger partial charge in [-0.3, -0.25) is 4.79 Å². The Morgan fingerprint density at radius 2 is 2.06 bits per heavy atom. The molecule has 0 bridgehead atoms. The number of nitrogens with one attached hydrogen (secondary N) is 2. The van der Waals surface area contributed by atoms with Gasteiger partial charge in [0.1, 0.15) is 6.54 Å². The Morgan fingerprint density at radius 3 is 2.56 bits per heavy atom. The van der Waals surface area contributed by atoms with E-state index in [9.17, 15) is 9.59 Å². The van der Waals surface area contributed by atoms with Crippen molar-refractivity contribution in [3.05, 3.63) is 0 Å². The molecule has 1 aliphatic rings. The van der Waals surface area contributed by atoms with Gasteiger partial charge in [-0.1, -0.05) is 6.92 Å². The van der Waals surface area contributed by atoms with Crippen LogP contribution in [0.5, 0.6) is 0 Å². The third kappa shape index (κ3) is 4.52. The molecule has 1 unspecified atom stereocenters. The molecule has 0 radical (unpaired) electrons. The van der Waals surface area contributed by atoms with Crippen molar-refractivity contribution < 1.29 is 14.7 Å². The van der Waals surface area contributed by atoms with Crippen LogP contribution < -0.4 is 10.6 Å². The van der Waals surface area contributed by atoms with Gasteiger partial charge in [0, 0.05) is 12.1 Å². The number of hydrogen-bond acceptors (Lipinski definition) is 3. The molecular formula is C12H23N3O3. The van der Waals surface area contributed by atoms with E-state index < -0.39 is 5.97 Å². The molecule has 1 fully saturated rings. The molecule has 0 aromatic carbocycles. The molecule has 1 atom stereocenters. The van der Waals surface area contributed by atoms with E-state index in [1.54, 1.807) is 0 Å². The maximum atomic E-state index is 12.1. The summed E-state index contributed by atoms with van der Waals surface area (Å²) in [4.78, 5) is 24.3. The fourth-order valence-corrected chi connectivity index (χ4v) is 2.02. The normalized spacial score (nSPS) is 18.1. The molecule has 2 amide bonds. The average molecular weight is 257 g/mol. The zero-order valence-electron chi connectivity index (χ0n) is 11.1. The van der Waals surface area contributed by atoms with E-state index in [0.29, 0.717) is 0 Å². The Balaban J connectivity index is 2.54. The number of carbonyl (C=O) groups is 2. The zero-order chi connectivity index (χ0) is 13.5. The molecule has 0 aliphatic carbocycles. The van der Waals surface area contributed by atoms with Crippen LogP contribution in [-0.4, -0.2) is 53.7 Å². The number of carboxylic acids is 1. The van der Waals surface area contributed by atoms with E-state index in [0.717, 1.165) is 32.4 Å². The van der Waals surface area contributed by atoms with E-state index in [1.165, 1.54) is 4.90 Å². The van der Waals surface area contributed by atoms with Crippen molar-refractivity contribution in [1.29, 1.82) is 0 Å². The number of carboxylic acid groups (broad SMARTS) is 1. The quantitative estimate of drug-likeness (QED) is 0.675. The predicted octanol–water partition coefficient (Wildman–Crippen LogP) is 0.633. The zero-order valence-corrected chi connectivity index (χ0v) is 11.1. The molecule has 1 rings (SSSR count). The molecule has 18 heavy (non-hydrogen) atoms. The lowest BCUT2D eigenvalue weighted by atomic mass is 10.1. The number of amides is 2. The van der Waals surface area contributed by atoms with Crippen LogP contribution in [0.1, 0.15) is 33.1 Å². The molecule has 0 saturated carbocycles. The summed E-state index contributed by atoms with van der Waals surface area (Å²) in [5.41, 5.74) is 0. The number of hydrogen-bond donors (Lipinski definition) is 3. The van der Waals surface area contributed by atoms with Gasteiger partial charge in [-0.25, -0.2) is 4.79 Å². The Kier molecular flexibility index (Phi) is 5.91. The van der Waals surface area contributed by atoms with Gasteiger partial charge in [-0.15, -0.1) is 0 Å². The summed E-state index contributed by atoms with van der Waals surface area (Å²) in [7, 11) is 0. The molecule has 1 heterocycles. The van der Waals surface area contributed by atoms with Crippen LogP contribution in [-0.2, 0) is 4.79 Å². The van der Waals surface area contributed by atoms with Gasteiger partial charge < -0.3 is 20.6 Å². The van der Waals surface area contributed by atoms with E-state index in [-0.39, 0.29) is 24.7 Å². The van der Waals surface area contributed by atoms with Crippen LogP contribution in [0.4, 0.5) is 4.79 Å². The number of carbonyl (C=O) groups excluding carboxylic acids is 1. The van der Waals surface area contributed by atoms with Crippen LogP contribution in [0.3, 0.4) is 0 Å². The number of aliphatic carboxylic acids is 1. The monoisotopic (exact) mass is 257 g/mol. The molecular weight excluding hydrogens is 234 g/mol. The Labute approximate surface area is 108 Å². The minimum atomic E-state index is -0.976. The third-order valence-corrected chi connectivity index (χ3v) is 3.36. The summed E-state index contributed by atoms with van der Waals surface area (Å²) in [6, 6.07) is -0.180. The molecule has 3 N–H and O–H groups in total. The highest BCUT2D eigenvalue weighted by Crippen LogP contribution is 2.07. The Hall–Kier alpha value is -1.30. The summed E-state index contributed by atoms with van der Waals surface area (Å²) in [5.74, 6) is -0.976. The molecule has 1 saturated heterocycles. The molecule has 6 heteroatoms. The van der Waals surface area contributed by atoms with Crippen molar-refractivity contribution in [2.75, 3.05) is 19.6 Å². The average Bonchev–Trinajstić information content (AvgIpc) is 2.36. The number of nitrogens with zero attached hydrogens (tertiary/aromatic N) is 1. The van der Waals surface area contributed by atoms with Crippen molar-refractivity contribution in [3.8, 4) is 0 Å². The lowest BCUT2D eigenvalue weighted by Crippen LogP contribution is -2.52. The summed E-state index contributed by atoms with van der Waals surface area (Å²) >= 11 is 0. The first-order valence-corrected chi connectivity index (χ1v) is 6.54. The van der Waals surface area contributed by atoms with Gasteiger partial charge in [0.2, 0.25) is 0 Å². The predicted molar refractivity (Wildman–Crippen MR) is 68.5 cm³/mol. The molecule has 0 spiro atoms. The minimum Gasteiger partial charge on any atom is -0.480 e. The maximum Gasteiger partial charge on any atom is 0.323 e. The van der Waals surface area contributed by atoms with Gasteiger partial charge in [0.05, 0.1) is 0 Å². The smallest absolute Gasteiger partial charge is 0.323 e. The highest BCUT2D eigenvalue weighted by molar-refractivity contribution is 5.80. The number of rotatable bonds is 5. The van der Waals surface area contributed by atoms with Gasteiger partial charge in [0.15, 0.2) is 0 Å². The van der Waals surface area contributed by atoms with E-state index in [2.05, 4.69) is 10.6 Å². The van der Waals surface area contributed by atoms with Crippen molar-refractivity contribution in [1.82, 2.24) is 15.5 Å². The van der Waals surface area contributed by atoms with Crippen molar-refractivity contribution in [2.24, 2.45) is 0 Å². The molecule has 6 nitrogen and oxygen atoms in total. The second-order valence-corrected chi connectivity index (χ2v) is 4.75. The second-order valence-electron chi connectivity index (χ2n) is 4.75. The first kappa shape index (κ1) is 14.8.